The van der Waals surface area contributed by atoms with Gasteiger partial charge in [0, 0.05) is 25.7 Å². The van der Waals surface area contributed by atoms with Crippen LogP contribution in [-0.2, 0) is 124 Å². The Labute approximate surface area is 573 Å². The van der Waals surface area contributed by atoms with Gasteiger partial charge in [-0.15, -0.1) is 0 Å². The molecular weight excluding hydrogens is 1500 g/mol. The molecule has 4 heterocycles. The number of aryl methyl sites for hydroxylation is 1. The summed E-state index contributed by atoms with van der Waals surface area (Å²) in [6.07, 6.45) is -12.3. The number of alkyl halides is 1. The zero-order valence-corrected chi connectivity index (χ0v) is 59.3. The van der Waals surface area contributed by atoms with Crippen molar-refractivity contribution in [3.8, 4) is 0 Å². The molecule has 0 aliphatic carbocycles. The summed E-state index contributed by atoms with van der Waals surface area (Å²) >= 11 is 1.39. The molecule has 4 saturated heterocycles. The van der Waals surface area contributed by atoms with Crippen molar-refractivity contribution >= 4 is 116 Å². The summed E-state index contributed by atoms with van der Waals surface area (Å²) in [5, 5.41) is 11.1. The first-order valence-electron chi connectivity index (χ1n) is 28.8. The summed E-state index contributed by atoms with van der Waals surface area (Å²) in [6, 6.07) is 2.43. The molecule has 0 bridgehead atoms. The van der Waals surface area contributed by atoms with Gasteiger partial charge in [0.1, 0.15) is 31.0 Å². The number of rotatable bonds is 24. The topological polar surface area (TPSA) is 538 Å². The van der Waals surface area contributed by atoms with E-state index in [4.69, 9.17) is 82.1 Å². The zero-order valence-electron chi connectivity index (χ0n) is 54.3. The number of nitrogens with zero attached hydrogens (tertiary/aromatic N) is 12. The Balaban J connectivity index is 0.000000396. The third-order valence-electron chi connectivity index (χ3n) is 13.3. The summed E-state index contributed by atoms with van der Waals surface area (Å²) in [4.78, 5) is 151. The van der Waals surface area contributed by atoms with Gasteiger partial charge in [-0.25, -0.2) is 0 Å². The first-order chi connectivity index (χ1) is 45.7. The van der Waals surface area contributed by atoms with E-state index in [0.29, 0.717) is 5.56 Å². The van der Waals surface area contributed by atoms with Gasteiger partial charge >= 0.3 is 455 Å². The van der Waals surface area contributed by atoms with Gasteiger partial charge in [0.15, 0.2) is 5.01 Å². The van der Waals surface area contributed by atoms with E-state index in [1.807, 2.05) is 6.92 Å². The molecule has 1 aromatic carbocycles. The molecule has 0 aromatic heterocycles. The zero-order chi connectivity index (χ0) is 73.0. The van der Waals surface area contributed by atoms with Crippen molar-refractivity contribution in [2.75, 3.05) is 26.4 Å². The third-order valence-corrected chi connectivity index (χ3v) is 19.3. The van der Waals surface area contributed by atoms with Gasteiger partial charge in [0.25, 0.3) is 0 Å². The number of azide groups is 4. The van der Waals surface area contributed by atoms with Gasteiger partial charge in [-0.3, -0.25) is 14.4 Å². The summed E-state index contributed by atoms with van der Waals surface area (Å²) in [7, 11) is 0. The van der Waals surface area contributed by atoms with E-state index >= 15 is 0 Å². The van der Waals surface area contributed by atoms with Gasteiger partial charge in [-0.1, -0.05) is 21.0 Å². The maximum atomic E-state index is 12.9. The molecule has 5 rings (SSSR count). The van der Waals surface area contributed by atoms with Crippen molar-refractivity contribution in [3.05, 3.63) is 77.2 Å². The van der Waals surface area contributed by atoms with Crippen LogP contribution in [0.2, 0.25) is 0 Å². The van der Waals surface area contributed by atoms with Crippen molar-refractivity contribution in [1.82, 2.24) is 0 Å². The van der Waals surface area contributed by atoms with Gasteiger partial charge in [0.2, 0.25) is 0 Å². The van der Waals surface area contributed by atoms with Crippen molar-refractivity contribution in [1.29, 1.82) is 0 Å². The molecule has 0 saturated carbocycles. The van der Waals surface area contributed by atoms with E-state index in [0.717, 1.165) is 54.0 Å². The minimum absolute atomic E-state index is 0.223. The molecular formula is C55H71BrN12O27Se2. The molecule has 4 fully saturated rings. The first-order valence-corrected chi connectivity index (χ1v) is 33.5. The molecule has 532 valence electrons. The quantitative estimate of drug-likeness (QED) is 0.0269. The Bertz CT molecular complexity index is 3210. The van der Waals surface area contributed by atoms with Crippen LogP contribution in [0.25, 0.3) is 41.8 Å². The number of esters is 11. The molecule has 42 heteroatoms. The average Bonchev–Trinajstić information content (AvgIpc) is 0.793. The summed E-state index contributed by atoms with van der Waals surface area (Å²) < 4.78 is 80.8. The van der Waals surface area contributed by atoms with Crippen LogP contribution in [0.4, 0.5) is 0 Å². The minimum atomic E-state index is -1.29. The second-order valence-electron chi connectivity index (χ2n) is 20.9. The van der Waals surface area contributed by atoms with Crippen molar-refractivity contribution < 1.29 is 129 Å². The fourth-order valence-corrected chi connectivity index (χ4v) is 15.4. The predicted octanol–water partition coefficient (Wildman–Crippen LogP) is 3.94. The van der Waals surface area contributed by atoms with E-state index in [9.17, 15) is 68.6 Å². The number of benzene rings is 1. The molecule has 4 aliphatic rings. The number of hydrogen-bond donors (Lipinski definition) is 0. The fraction of sp³-hybridized carbons (Fsp3) is 0.673. The number of ether oxygens (including phenoxy) is 15. The van der Waals surface area contributed by atoms with Crippen molar-refractivity contribution in [2.45, 2.75) is 201 Å². The van der Waals surface area contributed by atoms with Crippen LogP contribution in [-0.4, -0.2) is 238 Å². The molecule has 97 heavy (non-hydrogen) atoms. The molecule has 0 radical (unpaired) electrons. The average molecular weight is 1570 g/mol. The van der Waals surface area contributed by atoms with Crippen LogP contribution in [0, 0.1) is 12.8 Å². The Hall–Kier alpha value is -8.34. The van der Waals surface area contributed by atoms with E-state index < -0.39 is 219 Å². The van der Waals surface area contributed by atoms with Crippen LogP contribution in [0.15, 0.2) is 44.7 Å². The predicted molar refractivity (Wildman–Crippen MR) is 327 cm³/mol. The maximum absolute atomic E-state index is 12.9. The van der Waals surface area contributed by atoms with E-state index in [2.05, 4.69) is 56.0 Å². The number of halogens is 1. The van der Waals surface area contributed by atoms with Crippen LogP contribution in [0.3, 0.4) is 0 Å². The SMILES string of the molecule is CC(=O)OCC1OC(Br)C(OC(C)=O)[C@@H](N=[N+]=[N-])[C@H]1OC(C)=O.CC(=O)OCC1O[C@@H]([Se]C(=O)c2ccc(C)cc2)C(OC(C)=O)[C@@H](N=[N+]=[N-])[C@H]1OC(C)=O.CC(=O)OCC1O[C@@H]([Se][C@@H]2OC(COC(C)=O)[C@H](OC(C)=O)[C@H](N=[N+]=[N-])C2OC(C)=O)[C@H](C)C(N=[N+]=[N-])[C@H]1OC(C)=O. The van der Waals surface area contributed by atoms with Gasteiger partial charge in [-0.05, 0) is 5.53 Å². The second-order valence-corrected chi connectivity index (χ2v) is 26.6. The van der Waals surface area contributed by atoms with Gasteiger partial charge in [0.05, 0.1) is 0 Å². The van der Waals surface area contributed by atoms with Crippen molar-refractivity contribution in [3.63, 3.8) is 0 Å². The molecule has 0 amide bonds. The van der Waals surface area contributed by atoms with Gasteiger partial charge in [-0.2, -0.15) is 0 Å². The van der Waals surface area contributed by atoms with Crippen LogP contribution in [0.1, 0.15) is 99.0 Å². The van der Waals surface area contributed by atoms with E-state index in [1.165, 1.54) is 27.7 Å². The number of hydrogen-bond acceptors (Lipinski definition) is 31. The Morgan fingerprint density at radius 1 is 0.402 bits per heavy atom. The molecule has 4 aliphatic heterocycles. The number of carbonyl (C=O) groups excluding carboxylic acids is 12. The fourth-order valence-electron chi connectivity index (χ4n) is 9.52. The van der Waals surface area contributed by atoms with Crippen LogP contribution >= 0.6 is 15.9 Å². The Kier molecular flexibility index (Phi) is 35.1. The summed E-state index contributed by atoms with van der Waals surface area (Å²) in [5.74, 6) is -7.92. The summed E-state index contributed by atoms with van der Waals surface area (Å²) in [6.45, 7) is 15.1. The molecule has 1 aromatic rings. The molecule has 0 N–H and O–H groups in total. The third kappa shape index (κ3) is 27.2. The summed E-state index contributed by atoms with van der Waals surface area (Å²) in [5.41, 5.74) is 37.8. The molecule has 20 atom stereocenters. The Morgan fingerprint density at radius 3 is 1.02 bits per heavy atom. The normalized spacial score (nSPS) is 29.1. The second kappa shape index (κ2) is 41.0. The van der Waals surface area contributed by atoms with E-state index in [-0.39, 0.29) is 24.5 Å². The standard InChI is InChI=1S/C23H32N6O12Se.C20H23N3O8Se.C12H16BrN3O7/c1-9-17(26-28-24)19(37-12(4)32)15(7-35-10(2)30)40-22(9)42-23-21(39-14(6)34)18(27-29-25)20(38-13(5)33)16(41-23)8-36-11(3)31;1-10-5-7-14(8-6-10)19(27)32-20-18(30-13(4)26)16(22-23-21)17(29-12(3)25)15(31-20)9-28-11(2)24;1-5(17)20-4-8-10(21-6(2)18)9(15-16-14)11(12(13)23-8)22-7(3)19/h9,15-23H,7-8H2,1-6H3;5-8,15-18,20H,9H2,1-4H3;8-12H,4H2,1-3H3/t9-,15?,16?,17?,18+,19+,20+,21?,22+,23+;15?,16-,17-,18?,20-;8?,9-,10-,11?,12?/m100/s1. The molecule has 39 nitrogen and oxygen atoms in total. The Morgan fingerprint density at radius 2 is 0.680 bits per heavy atom. The molecule has 9 unspecified atom stereocenters. The number of carbonyl (C=O) groups is 12. The molecule has 0 spiro atoms. The van der Waals surface area contributed by atoms with E-state index in [1.54, 1.807) is 31.2 Å². The first kappa shape index (κ1) is 82.9. The van der Waals surface area contributed by atoms with Crippen LogP contribution < -0.4 is 0 Å². The van der Waals surface area contributed by atoms with Crippen LogP contribution in [0.5, 0.6) is 0 Å². The van der Waals surface area contributed by atoms with Crippen molar-refractivity contribution in [2.24, 2.45) is 26.4 Å². The monoisotopic (exact) mass is 1570 g/mol. The van der Waals surface area contributed by atoms with Gasteiger partial charge < -0.3 is 18.9 Å².